The number of esters is 1. The van der Waals surface area contributed by atoms with Gasteiger partial charge in [0.25, 0.3) is 5.91 Å². The van der Waals surface area contributed by atoms with Crippen LogP contribution in [-0.4, -0.2) is 23.5 Å². The van der Waals surface area contributed by atoms with Crippen LogP contribution in [0.1, 0.15) is 27.2 Å². The van der Waals surface area contributed by atoms with Gasteiger partial charge in [0.1, 0.15) is 0 Å². The van der Waals surface area contributed by atoms with E-state index in [0.717, 1.165) is 10.9 Å². The second-order valence-electron chi connectivity index (χ2n) is 6.32. The average Bonchev–Trinajstić information content (AvgIpc) is 2.44. The fourth-order valence-electron chi connectivity index (χ4n) is 2.03. The summed E-state index contributed by atoms with van der Waals surface area (Å²) in [6.45, 7) is 5.54. The van der Waals surface area contributed by atoms with Crippen molar-refractivity contribution < 1.29 is 14.3 Å². The van der Waals surface area contributed by atoms with Gasteiger partial charge in [0.15, 0.2) is 6.61 Å². The maximum absolute atomic E-state index is 11.9. The Balaban J connectivity index is 1.96. The number of nitrogens with zero attached hydrogens (tertiary/aromatic N) is 1. The normalized spacial score (nSPS) is 11.2. The van der Waals surface area contributed by atoms with Crippen LogP contribution in [-0.2, 0) is 14.3 Å². The van der Waals surface area contributed by atoms with Gasteiger partial charge >= 0.3 is 5.97 Å². The van der Waals surface area contributed by atoms with Crippen LogP contribution in [0.5, 0.6) is 0 Å². The lowest BCUT2D eigenvalue weighted by atomic mass is 9.92. The van der Waals surface area contributed by atoms with Crippen LogP contribution in [0.25, 0.3) is 10.9 Å². The van der Waals surface area contributed by atoms with Crippen molar-refractivity contribution in [3.8, 4) is 0 Å². The number of rotatable bonds is 4. The minimum absolute atomic E-state index is 0.158. The third-order valence-electron chi connectivity index (χ3n) is 2.96. The molecular weight excluding hydrogens is 280 g/mol. The van der Waals surface area contributed by atoms with E-state index in [1.807, 2.05) is 39.0 Å². The number of benzene rings is 1. The molecule has 0 aliphatic rings. The highest BCUT2D eigenvalue weighted by Crippen LogP contribution is 2.21. The zero-order valence-electron chi connectivity index (χ0n) is 13.1. The second-order valence-corrected chi connectivity index (χ2v) is 6.32. The van der Waals surface area contributed by atoms with Crippen LogP contribution in [0.15, 0.2) is 36.5 Å². The Hall–Kier alpha value is -2.43. The molecule has 0 unspecified atom stereocenters. The molecule has 0 aliphatic heterocycles. The molecule has 1 amide bonds. The lowest BCUT2D eigenvalue weighted by molar-refractivity contribution is -0.149. The Labute approximate surface area is 129 Å². The standard InChI is InChI=1S/C17H20N2O3/c1-17(2,3)10-16(21)22-11-15(20)19-14-8-4-7-13-12(14)6-5-9-18-13/h4-9H,10-11H2,1-3H3,(H,19,20). The molecule has 1 aromatic heterocycles. The lowest BCUT2D eigenvalue weighted by Gasteiger charge is -2.16. The zero-order valence-corrected chi connectivity index (χ0v) is 13.1. The molecule has 1 N–H and O–H groups in total. The number of carbonyl (C=O) groups excluding carboxylic acids is 2. The van der Waals surface area contributed by atoms with E-state index in [0.29, 0.717) is 5.69 Å². The van der Waals surface area contributed by atoms with Crippen molar-refractivity contribution in [2.75, 3.05) is 11.9 Å². The molecule has 1 heterocycles. The van der Waals surface area contributed by atoms with Crippen LogP contribution in [0.3, 0.4) is 0 Å². The van der Waals surface area contributed by atoms with Gasteiger partial charge in [-0.1, -0.05) is 26.8 Å². The Morgan fingerprint density at radius 1 is 1.18 bits per heavy atom. The molecule has 0 fully saturated rings. The van der Waals surface area contributed by atoms with Gasteiger partial charge in [-0.25, -0.2) is 0 Å². The van der Waals surface area contributed by atoms with Gasteiger partial charge < -0.3 is 10.1 Å². The van der Waals surface area contributed by atoms with Crippen LogP contribution in [0, 0.1) is 5.41 Å². The van der Waals surface area contributed by atoms with Crippen LogP contribution >= 0.6 is 0 Å². The first-order chi connectivity index (χ1) is 10.3. The summed E-state index contributed by atoms with van der Waals surface area (Å²) in [6.07, 6.45) is 1.97. The highest BCUT2D eigenvalue weighted by Gasteiger charge is 2.18. The first-order valence-electron chi connectivity index (χ1n) is 7.14. The molecule has 5 heteroatoms. The minimum atomic E-state index is -0.373. The summed E-state index contributed by atoms with van der Waals surface area (Å²) in [4.78, 5) is 27.8. The maximum atomic E-state index is 11.9. The van der Waals surface area contributed by atoms with E-state index in [4.69, 9.17) is 4.74 Å². The smallest absolute Gasteiger partial charge is 0.306 e. The highest BCUT2D eigenvalue weighted by atomic mass is 16.5. The van der Waals surface area contributed by atoms with E-state index >= 15 is 0 Å². The van der Waals surface area contributed by atoms with Crippen LogP contribution in [0.4, 0.5) is 5.69 Å². The van der Waals surface area contributed by atoms with E-state index < -0.39 is 0 Å². The van der Waals surface area contributed by atoms with Gasteiger partial charge in [-0.05, 0) is 29.7 Å². The first-order valence-corrected chi connectivity index (χ1v) is 7.14. The van der Waals surface area contributed by atoms with Gasteiger partial charge in [-0.15, -0.1) is 0 Å². The molecule has 0 aliphatic carbocycles. The largest absolute Gasteiger partial charge is 0.456 e. The molecule has 2 aromatic rings. The van der Waals surface area contributed by atoms with Crippen LogP contribution < -0.4 is 5.32 Å². The zero-order chi connectivity index (χ0) is 16.2. The SMILES string of the molecule is CC(C)(C)CC(=O)OCC(=O)Nc1cccc2ncccc12. The molecule has 0 spiro atoms. The van der Waals surface area contributed by atoms with Crippen molar-refractivity contribution in [2.45, 2.75) is 27.2 Å². The molecular formula is C17H20N2O3. The van der Waals surface area contributed by atoms with E-state index in [1.165, 1.54) is 0 Å². The van der Waals surface area contributed by atoms with Gasteiger partial charge in [-0.2, -0.15) is 0 Å². The average molecular weight is 300 g/mol. The monoisotopic (exact) mass is 300 g/mol. The minimum Gasteiger partial charge on any atom is -0.456 e. The van der Waals surface area contributed by atoms with Crippen LogP contribution in [0.2, 0.25) is 0 Å². The van der Waals surface area contributed by atoms with Gasteiger partial charge in [0.2, 0.25) is 0 Å². The summed E-state index contributed by atoms with van der Waals surface area (Å²) in [5, 5.41) is 3.59. The number of fused-ring (bicyclic) bond motifs is 1. The predicted molar refractivity (Wildman–Crippen MR) is 85.4 cm³/mol. The second kappa shape index (κ2) is 6.56. The molecule has 5 nitrogen and oxygen atoms in total. The quantitative estimate of drug-likeness (QED) is 0.881. The number of nitrogens with one attached hydrogen (secondary N) is 1. The Bertz CT molecular complexity index is 684. The van der Waals surface area contributed by atoms with Gasteiger partial charge in [0, 0.05) is 11.6 Å². The third-order valence-corrected chi connectivity index (χ3v) is 2.96. The van der Waals surface area contributed by atoms with Crippen molar-refractivity contribution in [1.82, 2.24) is 4.98 Å². The molecule has 0 saturated carbocycles. The van der Waals surface area contributed by atoms with E-state index in [2.05, 4.69) is 10.3 Å². The third kappa shape index (κ3) is 4.55. The summed E-state index contributed by atoms with van der Waals surface area (Å²) in [5.74, 6) is -0.735. The number of hydrogen-bond donors (Lipinski definition) is 1. The molecule has 116 valence electrons. The number of amides is 1. The fraction of sp³-hybridized carbons (Fsp3) is 0.353. The summed E-state index contributed by atoms with van der Waals surface area (Å²) in [7, 11) is 0. The number of pyridine rings is 1. The molecule has 1 aromatic carbocycles. The Kier molecular flexibility index (Phi) is 4.75. The van der Waals surface area contributed by atoms with Gasteiger partial charge in [-0.3, -0.25) is 14.6 Å². The number of carbonyl (C=O) groups is 2. The number of hydrogen-bond acceptors (Lipinski definition) is 4. The molecule has 0 atom stereocenters. The number of aromatic nitrogens is 1. The maximum Gasteiger partial charge on any atom is 0.306 e. The summed E-state index contributed by atoms with van der Waals surface area (Å²) in [5.41, 5.74) is 1.29. The summed E-state index contributed by atoms with van der Waals surface area (Å²) < 4.78 is 5.00. The molecule has 2 rings (SSSR count). The molecule has 22 heavy (non-hydrogen) atoms. The summed E-state index contributed by atoms with van der Waals surface area (Å²) in [6, 6.07) is 9.16. The Morgan fingerprint density at radius 3 is 2.68 bits per heavy atom. The topological polar surface area (TPSA) is 68.3 Å². The molecule has 0 bridgehead atoms. The predicted octanol–water partition coefficient (Wildman–Crippen LogP) is 3.15. The molecule has 0 radical (unpaired) electrons. The highest BCUT2D eigenvalue weighted by molar-refractivity contribution is 6.01. The summed E-state index contributed by atoms with van der Waals surface area (Å²) >= 11 is 0. The fourth-order valence-corrected chi connectivity index (χ4v) is 2.03. The van der Waals surface area contributed by atoms with E-state index in [9.17, 15) is 9.59 Å². The van der Waals surface area contributed by atoms with Crippen molar-refractivity contribution in [3.05, 3.63) is 36.5 Å². The lowest BCUT2D eigenvalue weighted by Crippen LogP contribution is -2.23. The van der Waals surface area contributed by atoms with Crippen molar-refractivity contribution in [1.29, 1.82) is 0 Å². The Morgan fingerprint density at radius 2 is 1.95 bits per heavy atom. The molecule has 0 saturated heterocycles. The van der Waals surface area contributed by atoms with Crippen molar-refractivity contribution in [3.63, 3.8) is 0 Å². The van der Waals surface area contributed by atoms with Gasteiger partial charge in [0.05, 0.1) is 17.6 Å². The van der Waals surface area contributed by atoms with Crippen molar-refractivity contribution >= 4 is 28.5 Å². The van der Waals surface area contributed by atoms with E-state index in [-0.39, 0.29) is 30.3 Å². The number of ether oxygens (including phenoxy) is 1. The first kappa shape index (κ1) is 15.9. The van der Waals surface area contributed by atoms with E-state index in [1.54, 1.807) is 18.3 Å². The van der Waals surface area contributed by atoms with Crippen molar-refractivity contribution in [2.24, 2.45) is 5.41 Å². The number of anilines is 1.